The Kier molecular flexibility index (Phi) is 16.2. The fourth-order valence-corrected chi connectivity index (χ4v) is 7.43. The van der Waals surface area contributed by atoms with Crippen LogP contribution in [-0.4, -0.2) is 86.0 Å². The van der Waals surface area contributed by atoms with Gasteiger partial charge in [-0.1, -0.05) is 47.5 Å². The number of hydrogen-bond acceptors (Lipinski definition) is 8. The number of fused-ring (bicyclic) bond motifs is 2. The predicted molar refractivity (Wildman–Crippen MR) is 236 cm³/mol. The molecular formula is C46H46Cl2F2N4O8. The number of likely N-dealkylation sites (tertiary alicyclic amines) is 1. The lowest BCUT2D eigenvalue weighted by Crippen LogP contribution is -2.43. The molecule has 1 aliphatic heterocycles. The summed E-state index contributed by atoms with van der Waals surface area (Å²) in [6.07, 6.45) is 3.24. The first-order chi connectivity index (χ1) is 29.6. The summed E-state index contributed by atoms with van der Waals surface area (Å²) in [6, 6.07) is 21.5. The SMILES string of the molecule is CCOC=O.CN(C)C(=O)N(C)Cc1ccc2c(-c3ccc(F)cc3Cl)cc(=O)oc2c1.CN(Cc1ccc2c(-c3ccc(F)cc3Cl)cc(=O)oc2c1)C(=O)N1CCCCC1. The number of benzene rings is 4. The van der Waals surface area contributed by atoms with Crippen molar-refractivity contribution in [2.24, 2.45) is 0 Å². The molecule has 62 heavy (non-hydrogen) atoms. The molecule has 4 aromatic carbocycles. The minimum Gasteiger partial charge on any atom is -0.468 e. The number of carbonyl (C=O) groups is 3. The van der Waals surface area contributed by atoms with Gasteiger partial charge in [-0.15, -0.1) is 0 Å². The van der Waals surface area contributed by atoms with E-state index in [1.54, 1.807) is 69.2 Å². The number of piperidine rings is 1. The Bertz CT molecular complexity index is 2680. The average molecular weight is 892 g/mol. The Hall–Kier alpha value is -6.25. The molecule has 4 amide bonds. The van der Waals surface area contributed by atoms with Crippen molar-refractivity contribution in [2.75, 3.05) is 47.9 Å². The molecule has 7 rings (SSSR count). The topological polar surface area (TPSA) is 134 Å². The summed E-state index contributed by atoms with van der Waals surface area (Å²) in [5, 5.41) is 1.80. The van der Waals surface area contributed by atoms with Crippen molar-refractivity contribution in [3.8, 4) is 22.3 Å². The monoisotopic (exact) mass is 890 g/mol. The molecule has 0 spiro atoms. The van der Waals surface area contributed by atoms with E-state index in [0.29, 0.717) is 70.4 Å². The van der Waals surface area contributed by atoms with E-state index in [1.807, 2.05) is 23.1 Å². The number of carbonyl (C=O) groups excluding carboxylic acids is 3. The molecule has 12 nitrogen and oxygen atoms in total. The maximum atomic E-state index is 13.4. The van der Waals surface area contributed by atoms with Gasteiger partial charge in [-0.3, -0.25) is 4.79 Å². The van der Waals surface area contributed by atoms with Crippen LogP contribution < -0.4 is 11.3 Å². The Labute approximate surface area is 366 Å². The third-order valence-electron chi connectivity index (χ3n) is 9.80. The summed E-state index contributed by atoms with van der Waals surface area (Å²) in [5.74, 6) is -0.897. The summed E-state index contributed by atoms with van der Waals surface area (Å²) >= 11 is 12.4. The van der Waals surface area contributed by atoms with Crippen LogP contribution in [0.4, 0.5) is 18.4 Å². The Morgan fingerprint density at radius 2 is 1.15 bits per heavy atom. The van der Waals surface area contributed by atoms with Crippen molar-refractivity contribution in [1.82, 2.24) is 19.6 Å². The van der Waals surface area contributed by atoms with Crippen LogP contribution in [0.2, 0.25) is 10.0 Å². The molecule has 0 saturated carbocycles. The normalized spacial score (nSPS) is 12.1. The molecule has 16 heteroatoms. The highest BCUT2D eigenvalue weighted by Crippen LogP contribution is 2.35. The highest BCUT2D eigenvalue weighted by molar-refractivity contribution is 6.34. The molecular weight excluding hydrogens is 845 g/mol. The number of rotatable bonds is 8. The Morgan fingerprint density at radius 1 is 0.677 bits per heavy atom. The third kappa shape index (κ3) is 12.0. The molecule has 0 radical (unpaired) electrons. The molecule has 1 saturated heterocycles. The number of nitrogens with zero attached hydrogens (tertiary/aromatic N) is 4. The van der Waals surface area contributed by atoms with Gasteiger partial charge in [0.1, 0.15) is 22.8 Å². The fourth-order valence-electron chi connectivity index (χ4n) is 6.89. The van der Waals surface area contributed by atoms with Gasteiger partial charge in [0.25, 0.3) is 6.47 Å². The molecule has 0 N–H and O–H groups in total. The number of urea groups is 2. The zero-order valence-electron chi connectivity index (χ0n) is 34.9. The second kappa shape index (κ2) is 21.5. The first kappa shape index (κ1) is 46.8. The summed E-state index contributed by atoms with van der Waals surface area (Å²) in [7, 11) is 6.82. The van der Waals surface area contributed by atoms with Gasteiger partial charge in [-0.05, 0) is 85.8 Å². The van der Waals surface area contributed by atoms with Gasteiger partial charge in [-0.25, -0.2) is 28.0 Å². The van der Waals surface area contributed by atoms with E-state index in [4.69, 9.17) is 32.0 Å². The number of halogens is 4. The van der Waals surface area contributed by atoms with Crippen molar-refractivity contribution >= 4 is 63.7 Å². The van der Waals surface area contributed by atoms with Gasteiger partial charge in [0, 0.05) is 99.5 Å². The van der Waals surface area contributed by atoms with Crippen LogP contribution in [-0.2, 0) is 22.6 Å². The minimum absolute atomic E-state index is 0.00287. The maximum Gasteiger partial charge on any atom is 0.336 e. The van der Waals surface area contributed by atoms with Crippen molar-refractivity contribution < 1.29 is 36.7 Å². The zero-order chi connectivity index (χ0) is 45.1. The molecule has 0 aliphatic carbocycles. The van der Waals surface area contributed by atoms with Crippen LogP contribution in [0.25, 0.3) is 44.2 Å². The lowest BCUT2D eigenvalue weighted by molar-refractivity contribution is -0.128. The molecule has 0 atom stereocenters. The van der Waals surface area contributed by atoms with Gasteiger partial charge >= 0.3 is 23.3 Å². The van der Waals surface area contributed by atoms with Crippen LogP contribution in [0.1, 0.15) is 37.3 Å². The van der Waals surface area contributed by atoms with Crippen molar-refractivity contribution in [3.05, 3.63) is 139 Å². The van der Waals surface area contributed by atoms with Crippen LogP contribution in [0.15, 0.2) is 103 Å². The summed E-state index contributed by atoms with van der Waals surface area (Å²) < 4.78 is 41.7. The molecule has 326 valence electrons. The van der Waals surface area contributed by atoms with E-state index in [0.717, 1.165) is 43.5 Å². The van der Waals surface area contributed by atoms with Crippen LogP contribution in [0.5, 0.6) is 0 Å². The number of ether oxygens (including phenoxy) is 1. The number of hydrogen-bond donors (Lipinski definition) is 0. The maximum absolute atomic E-state index is 13.4. The largest absolute Gasteiger partial charge is 0.468 e. The van der Waals surface area contributed by atoms with Gasteiger partial charge in [0.15, 0.2) is 0 Å². The van der Waals surface area contributed by atoms with Gasteiger partial charge in [-0.2, -0.15) is 0 Å². The molecule has 0 unspecified atom stereocenters. The summed E-state index contributed by atoms with van der Waals surface area (Å²) in [4.78, 5) is 64.6. The summed E-state index contributed by atoms with van der Waals surface area (Å²) in [5.41, 5.74) is 3.62. The zero-order valence-corrected chi connectivity index (χ0v) is 36.4. The van der Waals surface area contributed by atoms with E-state index in [1.165, 1.54) is 47.4 Å². The minimum atomic E-state index is -0.534. The highest BCUT2D eigenvalue weighted by atomic mass is 35.5. The fraction of sp³-hybridized carbons (Fsp3) is 0.283. The van der Waals surface area contributed by atoms with Gasteiger partial charge in [0.05, 0.1) is 16.7 Å². The van der Waals surface area contributed by atoms with Gasteiger partial charge in [0.2, 0.25) is 0 Å². The Morgan fingerprint density at radius 3 is 1.55 bits per heavy atom. The van der Waals surface area contributed by atoms with Crippen LogP contribution >= 0.6 is 23.2 Å². The lowest BCUT2D eigenvalue weighted by Gasteiger charge is -2.31. The van der Waals surface area contributed by atoms with Crippen molar-refractivity contribution in [2.45, 2.75) is 39.3 Å². The van der Waals surface area contributed by atoms with Gasteiger partial charge < -0.3 is 33.2 Å². The molecule has 6 aromatic rings. The van der Waals surface area contributed by atoms with E-state index >= 15 is 0 Å². The van der Waals surface area contributed by atoms with Crippen molar-refractivity contribution in [1.29, 1.82) is 0 Å². The molecule has 0 bridgehead atoms. The van der Waals surface area contributed by atoms with E-state index < -0.39 is 22.9 Å². The van der Waals surface area contributed by atoms with Crippen LogP contribution in [0, 0.1) is 11.6 Å². The number of amides is 4. The van der Waals surface area contributed by atoms with E-state index in [2.05, 4.69) is 4.74 Å². The first-order valence-electron chi connectivity index (χ1n) is 19.6. The molecule has 1 fully saturated rings. The second-order valence-electron chi connectivity index (χ2n) is 14.6. The molecule has 3 heterocycles. The van der Waals surface area contributed by atoms with Crippen molar-refractivity contribution in [3.63, 3.8) is 0 Å². The van der Waals surface area contributed by atoms with Crippen LogP contribution in [0.3, 0.4) is 0 Å². The van der Waals surface area contributed by atoms with E-state index in [9.17, 15) is 32.8 Å². The lowest BCUT2D eigenvalue weighted by atomic mass is 10.0. The molecule has 1 aliphatic rings. The predicted octanol–water partition coefficient (Wildman–Crippen LogP) is 9.84. The van der Waals surface area contributed by atoms with E-state index in [-0.39, 0.29) is 22.1 Å². The summed E-state index contributed by atoms with van der Waals surface area (Å²) in [6.45, 7) is 5.00. The second-order valence-corrected chi connectivity index (χ2v) is 15.5. The standard InChI is InChI=1S/C23H22ClFN2O3.C20H18ClFN2O3.C3H6O2/c1-26(23(29)27-9-3-2-4-10-27)14-15-5-7-18-19(13-22(28)30-21(18)11-15)17-8-6-16(25)12-20(17)24;1-23(2)20(26)24(3)11-12-4-6-15-16(10-19(25)27-18(15)8-12)14-7-5-13(22)9-17(14)21;1-2-5-3-4/h5-8,11-13H,2-4,9-10,14H2,1H3;4-10H,11H2,1-3H3;3H,2H2,1H3. The molecule has 2 aromatic heterocycles. The average Bonchev–Trinajstić information content (AvgIpc) is 3.23. The Balaban J connectivity index is 0.000000212. The smallest absolute Gasteiger partial charge is 0.336 e. The highest BCUT2D eigenvalue weighted by Gasteiger charge is 2.21. The quantitative estimate of drug-likeness (QED) is 0.109. The third-order valence-corrected chi connectivity index (χ3v) is 10.4. The first-order valence-corrected chi connectivity index (χ1v) is 20.4.